The van der Waals surface area contributed by atoms with Gasteiger partial charge in [0.15, 0.2) is 0 Å². The minimum atomic E-state index is 0.0474. The van der Waals surface area contributed by atoms with E-state index in [-0.39, 0.29) is 11.8 Å². The van der Waals surface area contributed by atoms with Crippen LogP contribution in [0, 0.1) is 5.92 Å². The molecular weight excluding hydrogens is 218 g/mol. The Morgan fingerprint density at radius 3 is 3.14 bits per heavy atom. The van der Waals surface area contributed by atoms with Gasteiger partial charge in [-0.1, -0.05) is 18.5 Å². The first-order valence-corrected chi connectivity index (χ1v) is 5.76. The molecule has 0 radical (unpaired) electrons. The second-order valence-electron chi connectivity index (χ2n) is 3.34. The lowest BCUT2D eigenvalue weighted by atomic mass is 10.2. The number of benzene rings is 1. The van der Waals surface area contributed by atoms with Crippen molar-refractivity contribution in [3.8, 4) is 0 Å². The van der Waals surface area contributed by atoms with Crippen molar-refractivity contribution in [2.24, 2.45) is 5.92 Å². The Bertz CT molecular complexity index is 380. The fourth-order valence-electron chi connectivity index (χ4n) is 1.27. The molecule has 1 amide bonds. The quantitative estimate of drug-likeness (QED) is 0.738. The van der Waals surface area contributed by atoms with Gasteiger partial charge >= 0.3 is 0 Å². The van der Waals surface area contributed by atoms with E-state index in [2.05, 4.69) is 5.32 Å². The Balaban J connectivity index is 2.37. The van der Waals surface area contributed by atoms with Gasteiger partial charge in [0, 0.05) is 21.6 Å². The van der Waals surface area contributed by atoms with E-state index in [9.17, 15) is 4.79 Å². The molecule has 1 aliphatic rings. The van der Waals surface area contributed by atoms with Crippen LogP contribution < -0.4 is 5.32 Å². The van der Waals surface area contributed by atoms with Crippen LogP contribution in [0.15, 0.2) is 23.1 Å². The average molecular weight is 228 g/mol. The predicted molar refractivity (Wildman–Crippen MR) is 60.0 cm³/mol. The molecule has 2 nitrogen and oxygen atoms in total. The number of carbonyl (C=O) groups is 1. The zero-order valence-electron chi connectivity index (χ0n) is 7.71. The summed E-state index contributed by atoms with van der Waals surface area (Å²) in [5, 5.41) is 3.59. The standard InChI is InChI=1S/C10H10ClNOS/c1-6-5-14-9-4-7(11)2-3-8(9)12-10(6)13/h2-4,6H,5H2,1H3,(H,12,13). The van der Waals surface area contributed by atoms with E-state index in [1.807, 2.05) is 19.1 Å². The van der Waals surface area contributed by atoms with E-state index in [4.69, 9.17) is 11.6 Å². The molecule has 0 spiro atoms. The van der Waals surface area contributed by atoms with Gasteiger partial charge in [-0.05, 0) is 18.2 Å². The number of fused-ring (bicyclic) bond motifs is 1. The first-order valence-electron chi connectivity index (χ1n) is 4.40. The number of halogens is 1. The zero-order valence-corrected chi connectivity index (χ0v) is 9.28. The third-order valence-corrected chi connectivity index (χ3v) is 3.69. The summed E-state index contributed by atoms with van der Waals surface area (Å²) in [4.78, 5) is 12.6. The molecule has 2 rings (SSSR count). The molecule has 0 saturated carbocycles. The molecule has 1 unspecified atom stereocenters. The monoisotopic (exact) mass is 227 g/mol. The number of amides is 1. The summed E-state index contributed by atoms with van der Waals surface area (Å²) in [6.45, 7) is 1.93. The average Bonchev–Trinajstić information content (AvgIpc) is 2.29. The number of anilines is 1. The maximum Gasteiger partial charge on any atom is 0.228 e. The van der Waals surface area contributed by atoms with Gasteiger partial charge in [0.2, 0.25) is 5.91 Å². The third-order valence-electron chi connectivity index (χ3n) is 2.14. The summed E-state index contributed by atoms with van der Waals surface area (Å²) in [6.07, 6.45) is 0. The third kappa shape index (κ3) is 1.88. The number of rotatable bonds is 0. The Kier molecular flexibility index (Phi) is 2.70. The normalized spacial score (nSPS) is 21.0. The highest BCUT2D eigenvalue weighted by Gasteiger charge is 2.19. The van der Waals surface area contributed by atoms with E-state index < -0.39 is 0 Å². The van der Waals surface area contributed by atoms with Crippen LogP contribution in [0.1, 0.15) is 6.92 Å². The maximum absolute atomic E-state index is 11.5. The van der Waals surface area contributed by atoms with Crippen molar-refractivity contribution in [2.45, 2.75) is 11.8 Å². The number of hydrogen-bond donors (Lipinski definition) is 1. The van der Waals surface area contributed by atoms with Gasteiger partial charge < -0.3 is 5.32 Å². The van der Waals surface area contributed by atoms with Crippen molar-refractivity contribution in [3.63, 3.8) is 0 Å². The van der Waals surface area contributed by atoms with E-state index in [0.717, 1.165) is 16.3 Å². The summed E-state index contributed by atoms with van der Waals surface area (Å²) in [5.41, 5.74) is 0.869. The number of nitrogens with one attached hydrogen (secondary N) is 1. The van der Waals surface area contributed by atoms with Crippen LogP contribution in [0.25, 0.3) is 0 Å². The highest BCUT2D eigenvalue weighted by Crippen LogP contribution is 2.34. The minimum absolute atomic E-state index is 0.0474. The summed E-state index contributed by atoms with van der Waals surface area (Å²) in [6, 6.07) is 5.53. The Morgan fingerprint density at radius 1 is 1.57 bits per heavy atom. The zero-order chi connectivity index (χ0) is 10.1. The van der Waals surface area contributed by atoms with Crippen molar-refractivity contribution in [1.29, 1.82) is 0 Å². The summed E-state index contributed by atoms with van der Waals surface area (Å²) in [7, 11) is 0. The van der Waals surface area contributed by atoms with Crippen molar-refractivity contribution >= 4 is 35.0 Å². The molecule has 1 heterocycles. The molecule has 1 aliphatic heterocycles. The topological polar surface area (TPSA) is 29.1 Å². The molecule has 0 fully saturated rings. The first kappa shape index (κ1) is 9.87. The Morgan fingerprint density at radius 2 is 2.36 bits per heavy atom. The Hall–Kier alpha value is -0.670. The number of carbonyl (C=O) groups excluding carboxylic acids is 1. The largest absolute Gasteiger partial charge is 0.325 e. The SMILES string of the molecule is CC1CSc2cc(Cl)ccc2NC1=O. The van der Waals surface area contributed by atoms with Gasteiger partial charge in [-0.25, -0.2) is 0 Å². The smallest absolute Gasteiger partial charge is 0.228 e. The van der Waals surface area contributed by atoms with Crippen LogP contribution in [0.2, 0.25) is 5.02 Å². The van der Waals surface area contributed by atoms with Crippen LogP contribution >= 0.6 is 23.4 Å². The molecule has 1 aromatic carbocycles. The highest BCUT2D eigenvalue weighted by atomic mass is 35.5. The van der Waals surface area contributed by atoms with E-state index in [1.165, 1.54) is 0 Å². The van der Waals surface area contributed by atoms with Gasteiger partial charge in [-0.3, -0.25) is 4.79 Å². The summed E-state index contributed by atoms with van der Waals surface area (Å²) >= 11 is 7.54. The maximum atomic E-state index is 11.5. The van der Waals surface area contributed by atoms with Crippen LogP contribution in [0.3, 0.4) is 0 Å². The second kappa shape index (κ2) is 3.83. The summed E-state index contributed by atoms with van der Waals surface area (Å²) in [5.74, 6) is 0.934. The van der Waals surface area contributed by atoms with Crippen molar-refractivity contribution in [3.05, 3.63) is 23.2 Å². The van der Waals surface area contributed by atoms with Gasteiger partial charge in [0.1, 0.15) is 0 Å². The van der Waals surface area contributed by atoms with Crippen LogP contribution in [0.5, 0.6) is 0 Å². The van der Waals surface area contributed by atoms with Crippen molar-refractivity contribution < 1.29 is 4.79 Å². The molecule has 1 aromatic rings. The highest BCUT2D eigenvalue weighted by molar-refractivity contribution is 7.99. The Labute approximate surface area is 92.0 Å². The molecule has 1 atom stereocenters. The lowest BCUT2D eigenvalue weighted by Gasteiger charge is -2.06. The van der Waals surface area contributed by atoms with Crippen molar-refractivity contribution in [1.82, 2.24) is 0 Å². The van der Waals surface area contributed by atoms with Crippen LogP contribution in [-0.4, -0.2) is 11.7 Å². The van der Waals surface area contributed by atoms with E-state index in [1.54, 1.807) is 17.8 Å². The lowest BCUT2D eigenvalue weighted by Crippen LogP contribution is -2.20. The van der Waals surface area contributed by atoms with Crippen LogP contribution in [-0.2, 0) is 4.79 Å². The molecule has 0 aliphatic carbocycles. The molecule has 1 N–H and O–H groups in total. The second-order valence-corrected chi connectivity index (χ2v) is 4.84. The van der Waals surface area contributed by atoms with Crippen LogP contribution in [0.4, 0.5) is 5.69 Å². The molecule has 4 heteroatoms. The predicted octanol–water partition coefficient (Wildman–Crippen LogP) is 3.02. The minimum Gasteiger partial charge on any atom is -0.325 e. The van der Waals surface area contributed by atoms with E-state index in [0.29, 0.717) is 5.02 Å². The summed E-state index contributed by atoms with van der Waals surface area (Å²) < 4.78 is 0. The lowest BCUT2D eigenvalue weighted by molar-refractivity contribution is -0.118. The number of hydrogen-bond acceptors (Lipinski definition) is 2. The molecule has 0 saturated heterocycles. The first-order chi connectivity index (χ1) is 6.66. The van der Waals surface area contributed by atoms with Crippen molar-refractivity contribution in [2.75, 3.05) is 11.1 Å². The van der Waals surface area contributed by atoms with Gasteiger partial charge in [0.05, 0.1) is 5.69 Å². The van der Waals surface area contributed by atoms with E-state index >= 15 is 0 Å². The van der Waals surface area contributed by atoms with Gasteiger partial charge in [0.25, 0.3) is 0 Å². The molecule has 0 bridgehead atoms. The fraction of sp³-hybridized carbons (Fsp3) is 0.300. The molecular formula is C10H10ClNOS. The number of thioether (sulfide) groups is 1. The fourth-order valence-corrected chi connectivity index (χ4v) is 2.57. The molecule has 74 valence electrons. The van der Waals surface area contributed by atoms with Gasteiger partial charge in [-0.2, -0.15) is 0 Å². The molecule has 0 aromatic heterocycles. The molecule has 14 heavy (non-hydrogen) atoms. The van der Waals surface area contributed by atoms with Gasteiger partial charge in [-0.15, -0.1) is 11.8 Å².